The monoisotopic (exact) mass is 396 g/mol. The van der Waals surface area contributed by atoms with E-state index in [0.717, 1.165) is 23.8 Å². The summed E-state index contributed by atoms with van der Waals surface area (Å²) in [5.74, 6) is 2.72. The van der Waals surface area contributed by atoms with Crippen molar-refractivity contribution < 1.29 is 9.47 Å². The van der Waals surface area contributed by atoms with Crippen LogP contribution in [-0.2, 0) is 13.1 Å². The highest BCUT2D eigenvalue weighted by atomic mass is 32.1. The van der Waals surface area contributed by atoms with E-state index in [0.29, 0.717) is 18.2 Å². The van der Waals surface area contributed by atoms with Crippen molar-refractivity contribution in [2.75, 3.05) is 14.2 Å². The maximum Gasteiger partial charge on any atom is 0.219 e. The van der Waals surface area contributed by atoms with E-state index >= 15 is 0 Å². The van der Waals surface area contributed by atoms with Gasteiger partial charge < -0.3 is 20.1 Å². The van der Waals surface area contributed by atoms with Crippen molar-refractivity contribution in [2.24, 2.45) is 4.99 Å². The highest BCUT2D eigenvalue weighted by molar-refractivity contribution is 7.10. The summed E-state index contributed by atoms with van der Waals surface area (Å²) >= 11 is 1.74. The Balaban J connectivity index is 1.51. The van der Waals surface area contributed by atoms with Gasteiger partial charge in [-0.3, -0.25) is 4.99 Å². The van der Waals surface area contributed by atoms with Crippen LogP contribution in [0.3, 0.4) is 0 Å². The van der Waals surface area contributed by atoms with E-state index < -0.39 is 0 Å². The fraction of sp³-hybridized carbons (Fsp3) is 0.238. The van der Waals surface area contributed by atoms with Crippen molar-refractivity contribution in [1.82, 2.24) is 15.6 Å². The normalized spacial score (nSPS) is 11.2. The highest BCUT2D eigenvalue weighted by Gasteiger charge is 2.04. The molecule has 2 N–H and O–H groups in total. The first kappa shape index (κ1) is 19.7. The highest BCUT2D eigenvalue weighted by Crippen LogP contribution is 2.23. The minimum Gasteiger partial charge on any atom is -0.497 e. The third kappa shape index (κ3) is 5.47. The fourth-order valence-electron chi connectivity index (χ4n) is 2.52. The molecule has 7 heteroatoms. The first-order valence-electron chi connectivity index (χ1n) is 8.92. The average molecular weight is 397 g/mol. The average Bonchev–Trinajstić information content (AvgIpc) is 3.14. The van der Waals surface area contributed by atoms with E-state index in [1.54, 1.807) is 31.7 Å². The molecule has 3 rings (SSSR count). The number of nitrogens with one attached hydrogen (secondary N) is 2. The first-order chi connectivity index (χ1) is 13.7. The Kier molecular flexibility index (Phi) is 6.86. The van der Waals surface area contributed by atoms with Crippen LogP contribution in [0.2, 0.25) is 0 Å². The van der Waals surface area contributed by atoms with Crippen molar-refractivity contribution in [3.8, 4) is 17.4 Å². The van der Waals surface area contributed by atoms with Crippen LogP contribution in [0, 0.1) is 6.92 Å². The standard InChI is InChI=1S/C21H24N4O2S/c1-15-9-10-28-19(15)14-25-21(22-2)24-13-16-7-8-20(23-12-16)27-18-6-4-5-17(11-18)26-3/h4-12H,13-14H2,1-3H3,(H2,22,24,25). The first-order valence-corrected chi connectivity index (χ1v) is 9.80. The largest absolute Gasteiger partial charge is 0.497 e. The van der Waals surface area contributed by atoms with Crippen LogP contribution in [0.25, 0.3) is 0 Å². The van der Waals surface area contributed by atoms with Crippen molar-refractivity contribution in [2.45, 2.75) is 20.0 Å². The summed E-state index contributed by atoms with van der Waals surface area (Å²) in [7, 11) is 3.39. The fourth-order valence-corrected chi connectivity index (χ4v) is 3.36. The Bertz CT molecular complexity index is 922. The Morgan fingerprint density at radius 3 is 2.61 bits per heavy atom. The number of benzene rings is 1. The second-order valence-electron chi connectivity index (χ2n) is 6.09. The van der Waals surface area contributed by atoms with Gasteiger partial charge in [0, 0.05) is 36.8 Å². The number of pyridine rings is 1. The molecule has 0 saturated heterocycles. The lowest BCUT2D eigenvalue weighted by atomic mass is 10.3. The van der Waals surface area contributed by atoms with Gasteiger partial charge in [-0.2, -0.15) is 0 Å². The molecule has 0 saturated carbocycles. The Labute approximate surface area is 169 Å². The number of ether oxygens (including phenoxy) is 2. The lowest BCUT2D eigenvalue weighted by molar-refractivity contribution is 0.407. The predicted molar refractivity (Wildman–Crippen MR) is 113 cm³/mol. The number of hydrogen-bond donors (Lipinski definition) is 2. The quantitative estimate of drug-likeness (QED) is 0.465. The van der Waals surface area contributed by atoms with E-state index in [-0.39, 0.29) is 0 Å². The summed E-state index contributed by atoms with van der Waals surface area (Å²) in [5, 5.41) is 8.73. The van der Waals surface area contributed by atoms with Crippen LogP contribution >= 0.6 is 11.3 Å². The number of aliphatic imine (C=N–C) groups is 1. The molecule has 0 fully saturated rings. The zero-order chi connectivity index (χ0) is 19.8. The molecule has 1 aromatic carbocycles. The van der Waals surface area contributed by atoms with Crippen LogP contribution < -0.4 is 20.1 Å². The van der Waals surface area contributed by atoms with Gasteiger partial charge in [-0.15, -0.1) is 11.3 Å². The molecule has 2 aromatic heterocycles. The zero-order valence-corrected chi connectivity index (χ0v) is 17.0. The van der Waals surface area contributed by atoms with Gasteiger partial charge >= 0.3 is 0 Å². The number of methoxy groups -OCH3 is 1. The van der Waals surface area contributed by atoms with Crippen LogP contribution in [0.15, 0.2) is 59.0 Å². The number of thiophene rings is 1. The maximum absolute atomic E-state index is 5.77. The maximum atomic E-state index is 5.77. The molecule has 3 aromatic rings. The number of aryl methyl sites for hydroxylation is 1. The zero-order valence-electron chi connectivity index (χ0n) is 16.2. The molecule has 0 aliphatic rings. The van der Waals surface area contributed by atoms with Gasteiger partial charge in [0.25, 0.3) is 0 Å². The summed E-state index contributed by atoms with van der Waals surface area (Å²) in [6.45, 7) is 3.49. The third-order valence-corrected chi connectivity index (χ3v) is 5.15. The van der Waals surface area contributed by atoms with Gasteiger partial charge in [-0.05, 0) is 41.6 Å². The summed E-state index contributed by atoms with van der Waals surface area (Å²) in [5.41, 5.74) is 2.33. The number of nitrogens with zero attached hydrogens (tertiary/aromatic N) is 2. The van der Waals surface area contributed by atoms with E-state index in [2.05, 4.69) is 39.0 Å². The smallest absolute Gasteiger partial charge is 0.219 e. The number of rotatable bonds is 7. The topological polar surface area (TPSA) is 67.8 Å². The number of aromatic nitrogens is 1. The summed E-state index contributed by atoms with van der Waals surface area (Å²) in [6, 6.07) is 13.4. The van der Waals surface area contributed by atoms with Gasteiger partial charge in [0.05, 0.1) is 13.7 Å². The SMILES string of the molecule is CN=C(NCc1ccc(Oc2cccc(OC)c2)nc1)NCc1sccc1C. The molecular formula is C21H24N4O2S. The Morgan fingerprint density at radius 1 is 1.11 bits per heavy atom. The molecule has 0 radical (unpaired) electrons. The van der Waals surface area contributed by atoms with Crippen LogP contribution in [0.5, 0.6) is 17.4 Å². The van der Waals surface area contributed by atoms with Gasteiger partial charge in [0.15, 0.2) is 5.96 Å². The van der Waals surface area contributed by atoms with Crippen LogP contribution in [-0.4, -0.2) is 25.1 Å². The van der Waals surface area contributed by atoms with Crippen molar-refractivity contribution in [1.29, 1.82) is 0 Å². The summed E-state index contributed by atoms with van der Waals surface area (Å²) in [4.78, 5) is 9.94. The van der Waals surface area contributed by atoms with Gasteiger partial charge in [-0.1, -0.05) is 12.1 Å². The molecular weight excluding hydrogens is 372 g/mol. The number of hydrogen-bond acceptors (Lipinski definition) is 5. The van der Waals surface area contributed by atoms with E-state index in [4.69, 9.17) is 9.47 Å². The molecule has 0 unspecified atom stereocenters. The summed E-state index contributed by atoms with van der Waals surface area (Å²) in [6.07, 6.45) is 1.79. The second kappa shape index (κ2) is 9.75. The molecule has 0 atom stereocenters. The number of guanidine groups is 1. The minimum absolute atomic E-state index is 0.535. The molecule has 6 nitrogen and oxygen atoms in total. The molecule has 146 valence electrons. The molecule has 0 spiro atoms. The lowest BCUT2D eigenvalue weighted by Crippen LogP contribution is -2.36. The molecule has 2 heterocycles. The Morgan fingerprint density at radius 2 is 1.93 bits per heavy atom. The van der Waals surface area contributed by atoms with Gasteiger partial charge in [0.1, 0.15) is 11.5 Å². The van der Waals surface area contributed by atoms with Crippen LogP contribution in [0.4, 0.5) is 0 Å². The van der Waals surface area contributed by atoms with E-state index in [1.165, 1.54) is 10.4 Å². The van der Waals surface area contributed by atoms with Gasteiger partial charge in [-0.25, -0.2) is 4.98 Å². The van der Waals surface area contributed by atoms with Crippen molar-refractivity contribution >= 4 is 17.3 Å². The molecule has 0 aliphatic carbocycles. The third-order valence-electron chi connectivity index (χ3n) is 4.13. The van der Waals surface area contributed by atoms with Crippen molar-refractivity contribution in [3.63, 3.8) is 0 Å². The lowest BCUT2D eigenvalue weighted by Gasteiger charge is -2.12. The minimum atomic E-state index is 0.535. The molecule has 28 heavy (non-hydrogen) atoms. The Hall–Kier alpha value is -3.06. The predicted octanol–water partition coefficient (Wildman–Crippen LogP) is 4.12. The van der Waals surface area contributed by atoms with E-state index in [1.807, 2.05) is 36.4 Å². The van der Waals surface area contributed by atoms with E-state index in [9.17, 15) is 0 Å². The van der Waals surface area contributed by atoms with Crippen LogP contribution in [0.1, 0.15) is 16.0 Å². The molecule has 0 bridgehead atoms. The second-order valence-corrected chi connectivity index (χ2v) is 7.09. The molecule has 0 aliphatic heterocycles. The summed E-state index contributed by atoms with van der Waals surface area (Å²) < 4.78 is 11.0. The van der Waals surface area contributed by atoms with Crippen molar-refractivity contribution in [3.05, 3.63) is 70.0 Å². The molecule has 0 amide bonds. The van der Waals surface area contributed by atoms with Gasteiger partial charge in [0.2, 0.25) is 5.88 Å².